The number of para-hydroxylation sites is 1. The van der Waals surface area contributed by atoms with Gasteiger partial charge in [-0.3, -0.25) is 4.79 Å². The normalized spacial score (nSPS) is 16.4. The Labute approximate surface area is 181 Å². The van der Waals surface area contributed by atoms with Crippen molar-refractivity contribution in [1.82, 2.24) is 14.8 Å². The van der Waals surface area contributed by atoms with Crippen LogP contribution in [-0.2, 0) is 17.8 Å². The second kappa shape index (κ2) is 8.52. The smallest absolute Gasteiger partial charge is 0.240 e. The van der Waals surface area contributed by atoms with Crippen molar-refractivity contribution in [3.05, 3.63) is 54.1 Å². The second-order valence-electron chi connectivity index (χ2n) is 7.43. The molecule has 156 valence electrons. The Kier molecular flexibility index (Phi) is 5.81. The number of carbonyl (C=O) groups is 1. The van der Waals surface area contributed by atoms with Gasteiger partial charge in [-0.05, 0) is 63.1 Å². The number of methoxy groups -OCH3 is 1. The summed E-state index contributed by atoms with van der Waals surface area (Å²) in [4.78, 5) is 15.2. The molecule has 0 aliphatic carbocycles. The highest BCUT2D eigenvalue weighted by Crippen LogP contribution is 2.35. The standard InChI is InChI=1S/C23H26N4O2S/c1-5-26-21(17-10-12-19(29-4)13-11-17)24-25-23(26)30-16(3)22(28)27-15(2)14-18-8-6-7-9-20(18)27/h6-13,15-16H,5,14H2,1-4H3/t15-,16-/m1/s1. The first-order valence-electron chi connectivity index (χ1n) is 10.2. The molecule has 0 unspecified atom stereocenters. The fraction of sp³-hybridized carbons (Fsp3) is 0.348. The second-order valence-corrected chi connectivity index (χ2v) is 8.74. The molecule has 0 fully saturated rings. The first-order chi connectivity index (χ1) is 14.5. The largest absolute Gasteiger partial charge is 0.497 e. The molecule has 1 amide bonds. The number of fused-ring (bicyclic) bond motifs is 1. The van der Waals surface area contributed by atoms with Gasteiger partial charge in [0, 0.05) is 23.8 Å². The number of carbonyl (C=O) groups excluding carboxylic acids is 1. The van der Waals surface area contributed by atoms with Gasteiger partial charge in [-0.15, -0.1) is 10.2 Å². The van der Waals surface area contributed by atoms with E-state index in [0.717, 1.165) is 40.9 Å². The van der Waals surface area contributed by atoms with Gasteiger partial charge in [-0.2, -0.15) is 0 Å². The van der Waals surface area contributed by atoms with E-state index in [1.165, 1.54) is 17.3 Å². The molecule has 0 radical (unpaired) electrons. The Balaban J connectivity index is 1.55. The summed E-state index contributed by atoms with van der Waals surface area (Å²) in [6, 6.07) is 16.1. The van der Waals surface area contributed by atoms with Crippen LogP contribution in [0.15, 0.2) is 53.7 Å². The van der Waals surface area contributed by atoms with Crippen LogP contribution in [0.2, 0.25) is 0 Å². The molecule has 0 saturated heterocycles. The van der Waals surface area contributed by atoms with Gasteiger partial charge in [-0.25, -0.2) is 0 Å². The van der Waals surface area contributed by atoms with Crippen molar-refractivity contribution >= 4 is 23.4 Å². The predicted molar refractivity (Wildman–Crippen MR) is 120 cm³/mol. The number of hydrogen-bond donors (Lipinski definition) is 0. The minimum atomic E-state index is -0.267. The van der Waals surface area contributed by atoms with Crippen molar-refractivity contribution in [1.29, 1.82) is 0 Å². The summed E-state index contributed by atoms with van der Waals surface area (Å²) in [7, 11) is 1.65. The summed E-state index contributed by atoms with van der Waals surface area (Å²) >= 11 is 1.46. The van der Waals surface area contributed by atoms with E-state index in [0.29, 0.717) is 0 Å². The lowest BCUT2D eigenvalue weighted by atomic mass is 10.1. The Bertz CT molecular complexity index is 1050. The average Bonchev–Trinajstić information content (AvgIpc) is 3.32. The molecule has 1 aliphatic rings. The van der Waals surface area contributed by atoms with Crippen molar-refractivity contribution in [2.24, 2.45) is 0 Å². The molecule has 6 nitrogen and oxygen atoms in total. The van der Waals surface area contributed by atoms with Crippen LogP contribution in [0.3, 0.4) is 0 Å². The third-order valence-corrected chi connectivity index (χ3v) is 6.52. The van der Waals surface area contributed by atoms with Crippen molar-refractivity contribution < 1.29 is 9.53 Å². The number of aromatic nitrogens is 3. The predicted octanol–water partition coefficient (Wildman–Crippen LogP) is 4.43. The number of hydrogen-bond acceptors (Lipinski definition) is 5. The van der Waals surface area contributed by atoms with E-state index in [-0.39, 0.29) is 17.2 Å². The zero-order valence-corrected chi connectivity index (χ0v) is 18.5. The molecule has 4 rings (SSSR count). The number of thioether (sulfide) groups is 1. The summed E-state index contributed by atoms with van der Waals surface area (Å²) in [5, 5.41) is 9.28. The fourth-order valence-corrected chi connectivity index (χ4v) is 4.88. The number of benzene rings is 2. The topological polar surface area (TPSA) is 60.2 Å². The third-order valence-electron chi connectivity index (χ3n) is 5.46. The molecule has 0 spiro atoms. The van der Waals surface area contributed by atoms with Crippen molar-refractivity contribution in [2.75, 3.05) is 12.0 Å². The molecule has 0 bridgehead atoms. The number of anilines is 1. The fourth-order valence-electron chi connectivity index (χ4n) is 3.92. The third kappa shape index (κ3) is 3.69. The Hall–Kier alpha value is -2.80. The summed E-state index contributed by atoms with van der Waals surface area (Å²) in [6.07, 6.45) is 0.895. The molecule has 30 heavy (non-hydrogen) atoms. The van der Waals surface area contributed by atoms with E-state index in [1.807, 2.05) is 54.3 Å². The average molecular weight is 423 g/mol. The van der Waals surface area contributed by atoms with Gasteiger partial charge in [0.2, 0.25) is 5.91 Å². The molecule has 2 atom stereocenters. The van der Waals surface area contributed by atoms with Gasteiger partial charge in [0.05, 0.1) is 12.4 Å². The van der Waals surface area contributed by atoms with E-state index in [1.54, 1.807) is 7.11 Å². The number of nitrogens with zero attached hydrogens (tertiary/aromatic N) is 4. The maximum absolute atomic E-state index is 13.3. The summed E-state index contributed by atoms with van der Waals surface area (Å²) in [6.45, 7) is 6.83. The molecular formula is C23H26N4O2S. The van der Waals surface area contributed by atoms with E-state index in [4.69, 9.17) is 4.74 Å². The maximum Gasteiger partial charge on any atom is 0.240 e. The minimum Gasteiger partial charge on any atom is -0.497 e. The summed E-state index contributed by atoms with van der Waals surface area (Å²) in [5.41, 5.74) is 3.23. The number of rotatable bonds is 6. The first-order valence-corrected chi connectivity index (χ1v) is 11.1. The summed E-state index contributed by atoms with van der Waals surface area (Å²) in [5.74, 6) is 1.70. The van der Waals surface area contributed by atoms with E-state index in [2.05, 4.69) is 34.7 Å². The van der Waals surface area contributed by atoms with Crippen LogP contribution < -0.4 is 9.64 Å². The van der Waals surface area contributed by atoms with Crippen LogP contribution in [-0.4, -0.2) is 39.1 Å². The molecule has 2 heterocycles. The van der Waals surface area contributed by atoms with Crippen LogP contribution in [0.25, 0.3) is 11.4 Å². The molecule has 1 aliphatic heterocycles. The van der Waals surface area contributed by atoms with Crippen LogP contribution >= 0.6 is 11.8 Å². The maximum atomic E-state index is 13.3. The van der Waals surface area contributed by atoms with E-state index < -0.39 is 0 Å². The highest BCUT2D eigenvalue weighted by atomic mass is 32.2. The number of ether oxygens (including phenoxy) is 1. The van der Waals surface area contributed by atoms with Crippen LogP contribution in [0, 0.1) is 0 Å². The minimum absolute atomic E-state index is 0.106. The van der Waals surface area contributed by atoms with Gasteiger partial charge in [0.15, 0.2) is 11.0 Å². The van der Waals surface area contributed by atoms with Gasteiger partial charge in [-0.1, -0.05) is 30.0 Å². The lowest BCUT2D eigenvalue weighted by molar-refractivity contribution is -0.118. The lowest BCUT2D eigenvalue weighted by Crippen LogP contribution is -2.40. The SMILES string of the molecule is CCn1c(S[C@H](C)C(=O)N2c3ccccc3C[C@H]2C)nnc1-c1ccc(OC)cc1. The van der Waals surface area contributed by atoms with Gasteiger partial charge in [0.1, 0.15) is 5.75 Å². The molecule has 1 aromatic heterocycles. The monoisotopic (exact) mass is 422 g/mol. The zero-order valence-electron chi connectivity index (χ0n) is 17.7. The zero-order chi connectivity index (χ0) is 21.3. The van der Waals surface area contributed by atoms with E-state index >= 15 is 0 Å². The Morgan fingerprint density at radius 1 is 1.20 bits per heavy atom. The van der Waals surface area contributed by atoms with Crippen LogP contribution in [0.1, 0.15) is 26.3 Å². The van der Waals surface area contributed by atoms with Gasteiger partial charge >= 0.3 is 0 Å². The number of amides is 1. The van der Waals surface area contributed by atoms with Crippen LogP contribution in [0.5, 0.6) is 5.75 Å². The molecule has 0 N–H and O–H groups in total. The van der Waals surface area contributed by atoms with Crippen molar-refractivity contribution in [3.8, 4) is 17.1 Å². The highest BCUT2D eigenvalue weighted by Gasteiger charge is 2.34. The Morgan fingerprint density at radius 2 is 1.93 bits per heavy atom. The van der Waals surface area contributed by atoms with E-state index in [9.17, 15) is 4.79 Å². The van der Waals surface area contributed by atoms with Crippen LogP contribution in [0.4, 0.5) is 5.69 Å². The molecule has 7 heteroatoms. The Morgan fingerprint density at radius 3 is 2.63 bits per heavy atom. The first kappa shape index (κ1) is 20.5. The molecule has 0 saturated carbocycles. The molecule has 2 aromatic carbocycles. The quantitative estimate of drug-likeness (QED) is 0.550. The van der Waals surface area contributed by atoms with Crippen molar-refractivity contribution in [2.45, 2.75) is 50.2 Å². The molecular weight excluding hydrogens is 396 g/mol. The van der Waals surface area contributed by atoms with Crippen molar-refractivity contribution in [3.63, 3.8) is 0 Å². The van der Waals surface area contributed by atoms with Gasteiger partial charge < -0.3 is 14.2 Å². The summed E-state index contributed by atoms with van der Waals surface area (Å²) < 4.78 is 7.29. The lowest BCUT2D eigenvalue weighted by Gasteiger charge is -2.25. The molecule has 3 aromatic rings. The highest BCUT2D eigenvalue weighted by molar-refractivity contribution is 8.00. The van der Waals surface area contributed by atoms with Gasteiger partial charge in [0.25, 0.3) is 0 Å².